The summed E-state index contributed by atoms with van der Waals surface area (Å²) >= 11 is 0. The topological polar surface area (TPSA) is 117 Å². The lowest BCUT2D eigenvalue weighted by atomic mass is 9.99. The second kappa shape index (κ2) is 10.1. The number of hydrogen-bond acceptors (Lipinski definition) is 7. The Morgan fingerprint density at radius 3 is 2.51 bits per heavy atom. The van der Waals surface area contributed by atoms with Crippen molar-refractivity contribution in [3.63, 3.8) is 0 Å². The molecule has 1 aliphatic heterocycles. The highest BCUT2D eigenvalue weighted by Gasteiger charge is 2.28. The average Bonchev–Trinajstić information content (AvgIpc) is 2.84. The van der Waals surface area contributed by atoms with E-state index in [1.807, 2.05) is 0 Å². The summed E-state index contributed by atoms with van der Waals surface area (Å²) in [6.45, 7) is 6.24. The van der Waals surface area contributed by atoms with Gasteiger partial charge in [0.15, 0.2) is 0 Å². The third-order valence-corrected chi connectivity index (χ3v) is 6.09. The van der Waals surface area contributed by atoms with Crippen molar-refractivity contribution in [1.29, 1.82) is 0 Å². The van der Waals surface area contributed by atoms with Gasteiger partial charge < -0.3 is 20.3 Å². The molecular weight excluding hydrogens is 455 g/mol. The van der Waals surface area contributed by atoms with E-state index < -0.39 is 34.1 Å². The molecule has 1 aromatic carbocycles. The lowest BCUT2D eigenvalue weighted by Crippen LogP contribution is -2.48. The molecule has 0 bridgehead atoms. The van der Waals surface area contributed by atoms with Crippen molar-refractivity contribution in [1.82, 2.24) is 19.8 Å². The van der Waals surface area contributed by atoms with Crippen molar-refractivity contribution < 1.29 is 24.1 Å². The fourth-order valence-corrected chi connectivity index (χ4v) is 4.10. The van der Waals surface area contributed by atoms with Gasteiger partial charge in [0, 0.05) is 32.4 Å². The van der Waals surface area contributed by atoms with Crippen LogP contribution < -0.4 is 10.9 Å². The Hall–Kier alpha value is -3.34. The maximum absolute atomic E-state index is 13.6. The van der Waals surface area contributed by atoms with E-state index in [9.17, 15) is 24.2 Å². The summed E-state index contributed by atoms with van der Waals surface area (Å²) in [7, 11) is 0. The third kappa shape index (κ3) is 5.19. The van der Waals surface area contributed by atoms with Crippen molar-refractivity contribution in [2.75, 3.05) is 39.5 Å². The van der Waals surface area contributed by atoms with Crippen LogP contribution in [0, 0.1) is 5.82 Å². The maximum Gasteiger partial charge on any atom is 0.268 e. The monoisotopic (exact) mass is 484 g/mol. The van der Waals surface area contributed by atoms with Gasteiger partial charge in [-0.25, -0.2) is 9.37 Å². The number of amides is 1. The smallest absolute Gasteiger partial charge is 0.268 e. The van der Waals surface area contributed by atoms with Gasteiger partial charge in [-0.3, -0.25) is 19.1 Å². The van der Waals surface area contributed by atoms with Crippen LogP contribution in [0.3, 0.4) is 0 Å². The molecule has 35 heavy (non-hydrogen) atoms. The molecular formula is C25H29FN4O5. The largest absolute Gasteiger partial charge is 0.506 e. The van der Waals surface area contributed by atoms with Gasteiger partial charge in [0.25, 0.3) is 11.5 Å². The molecule has 0 atom stereocenters. The first-order valence-electron chi connectivity index (χ1n) is 11.5. The summed E-state index contributed by atoms with van der Waals surface area (Å²) < 4.78 is 20.3. The Morgan fingerprint density at radius 2 is 1.86 bits per heavy atom. The van der Waals surface area contributed by atoms with Crippen LogP contribution in [-0.2, 0) is 11.3 Å². The number of hydrogen-bond donors (Lipinski definition) is 3. The molecule has 1 amide bonds. The number of carbonyl (C=O) groups excluding carboxylic acids is 1. The van der Waals surface area contributed by atoms with E-state index in [1.165, 1.54) is 22.9 Å². The second-order valence-electron chi connectivity index (χ2n) is 9.19. The number of pyridine rings is 2. The Kier molecular flexibility index (Phi) is 7.15. The number of nitrogens with one attached hydrogen (secondary N) is 1. The Morgan fingerprint density at radius 1 is 1.17 bits per heavy atom. The molecule has 3 heterocycles. The lowest BCUT2D eigenvalue weighted by molar-refractivity contribution is 0.0364. The molecule has 10 heteroatoms. The van der Waals surface area contributed by atoms with E-state index in [0.29, 0.717) is 30.9 Å². The number of aromatic nitrogens is 2. The van der Waals surface area contributed by atoms with E-state index >= 15 is 0 Å². The van der Waals surface area contributed by atoms with E-state index in [4.69, 9.17) is 4.74 Å². The molecule has 1 fully saturated rings. The number of carbonyl (C=O) groups is 1. The molecule has 9 nitrogen and oxygen atoms in total. The van der Waals surface area contributed by atoms with Crippen molar-refractivity contribution >= 4 is 16.9 Å². The van der Waals surface area contributed by atoms with Crippen LogP contribution in [0.4, 0.5) is 4.39 Å². The van der Waals surface area contributed by atoms with Crippen LogP contribution in [0.15, 0.2) is 41.3 Å². The molecule has 3 aromatic rings. The van der Waals surface area contributed by atoms with Crippen LogP contribution in [-0.4, -0.2) is 75.6 Å². The van der Waals surface area contributed by atoms with Crippen LogP contribution in [0.1, 0.15) is 24.2 Å². The summed E-state index contributed by atoms with van der Waals surface area (Å²) in [5.74, 6) is -1.72. The van der Waals surface area contributed by atoms with Gasteiger partial charge in [0.2, 0.25) is 0 Å². The number of aliphatic hydroxyl groups is 1. The van der Waals surface area contributed by atoms with Crippen molar-refractivity contribution in [2.45, 2.75) is 25.9 Å². The highest BCUT2D eigenvalue weighted by molar-refractivity contribution is 6.06. The number of aromatic hydroxyl groups is 1. The highest BCUT2D eigenvalue weighted by atomic mass is 19.1. The molecule has 0 saturated carbocycles. The first-order valence-corrected chi connectivity index (χ1v) is 11.5. The first kappa shape index (κ1) is 24.8. The Labute approximate surface area is 201 Å². The number of ether oxygens (including phenoxy) is 1. The van der Waals surface area contributed by atoms with Crippen molar-refractivity contribution in [3.8, 4) is 16.9 Å². The number of aliphatic hydroxyl groups excluding tert-OH is 1. The number of nitrogens with zero attached hydrogens (tertiary/aromatic N) is 3. The van der Waals surface area contributed by atoms with Crippen LogP contribution in [0.5, 0.6) is 5.75 Å². The zero-order chi connectivity index (χ0) is 25.2. The summed E-state index contributed by atoms with van der Waals surface area (Å²) in [4.78, 5) is 33.2. The fourth-order valence-electron chi connectivity index (χ4n) is 4.10. The standard InChI is InChI=1S/C25H29FN4O5/c1-25(2,15-31)28-23(33)20-21(32)19-18(16-3-5-17(26)6-4-16)7-8-27-22(19)30(24(20)34)10-9-29-11-13-35-14-12-29/h3-8,31-32H,9-15H2,1-2H3,(H,28,33). The quantitative estimate of drug-likeness (QED) is 0.468. The lowest BCUT2D eigenvalue weighted by Gasteiger charge is -2.27. The number of fused-ring (bicyclic) bond motifs is 1. The van der Waals surface area contributed by atoms with E-state index in [0.717, 1.165) is 13.1 Å². The van der Waals surface area contributed by atoms with E-state index in [1.54, 1.807) is 32.0 Å². The van der Waals surface area contributed by atoms with Gasteiger partial charge in [0.1, 0.15) is 22.8 Å². The fraction of sp³-hybridized carbons (Fsp3) is 0.400. The predicted octanol–water partition coefficient (Wildman–Crippen LogP) is 1.74. The molecule has 1 aliphatic rings. The van der Waals surface area contributed by atoms with E-state index in [2.05, 4.69) is 15.2 Å². The molecule has 2 aromatic heterocycles. The Balaban J connectivity index is 1.90. The average molecular weight is 485 g/mol. The molecule has 0 radical (unpaired) electrons. The molecule has 0 unspecified atom stereocenters. The van der Waals surface area contributed by atoms with Crippen LogP contribution in [0.25, 0.3) is 22.2 Å². The number of rotatable bonds is 7. The summed E-state index contributed by atoms with van der Waals surface area (Å²) in [5, 5.41) is 23.6. The number of halogens is 1. The van der Waals surface area contributed by atoms with Gasteiger partial charge >= 0.3 is 0 Å². The zero-order valence-corrected chi connectivity index (χ0v) is 19.8. The molecule has 4 rings (SSSR count). The van der Waals surface area contributed by atoms with Gasteiger partial charge in [0.05, 0.1) is 30.7 Å². The SMILES string of the molecule is CC(C)(CO)NC(=O)c1c(O)c2c(-c3ccc(F)cc3)ccnc2n(CCN2CCOCC2)c1=O. The molecule has 186 valence electrons. The van der Waals surface area contributed by atoms with Gasteiger partial charge in [-0.2, -0.15) is 0 Å². The predicted molar refractivity (Wildman–Crippen MR) is 129 cm³/mol. The molecule has 0 spiro atoms. The van der Waals surface area contributed by atoms with Gasteiger partial charge in [-0.15, -0.1) is 0 Å². The number of morpholine rings is 1. The van der Waals surface area contributed by atoms with Crippen LogP contribution >= 0.6 is 0 Å². The third-order valence-electron chi connectivity index (χ3n) is 6.09. The van der Waals surface area contributed by atoms with Crippen molar-refractivity contribution in [3.05, 3.63) is 58.3 Å². The molecule has 1 saturated heterocycles. The zero-order valence-electron chi connectivity index (χ0n) is 19.8. The summed E-state index contributed by atoms with van der Waals surface area (Å²) in [6.07, 6.45) is 1.51. The highest BCUT2D eigenvalue weighted by Crippen LogP contribution is 2.35. The molecule has 3 N–H and O–H groups in total. The van der Waals surface area contributed by atoms with Crippen LogP contribution in [0.2, 0.25) is 0 Å². The maximum atomic E-state index is 13.6. The Bertz CT molecular complexity index is 1280. The second-order valence-corrected chi connectivity index (χ2v) is 9.19. The van der Waals surface area contributed by atoms with E-state index in [-0.39, 0.29) is 24.2 Å². The van der Waals surface area contributed by atoms with Gasteiger partial charge in [-0.1, -0.05) is 12.1 Å². The molecule has 0 aliphatic carbocycles. The summed E-state index contributed by atoms with van der Waals surface area (Å²) in [5.41, 5.74) is -0.813. The minimum atomic E-state index is -1.02. The first-order chi connectivity index (χ1) is 16.7. The van der Waals surface area contributed by atoms with Crippen molar-refractivity contribution in [2.24, 2.45) is 0 Å². The normalized spacial score (nSPS) is 14.9. The summed E-state index contributed by atoms with van der Waals surface area (Å²) in [6, 6.07) is 7.35. The van der Waals surface area contributed by atoms with Gasteiger partial charge in [-0.05, 0) is 43.2 Å². The minimum Gasteiger partial charge on any atom is -0.506 e. The minimum absolute atomic E-state index is 0.215. The number of benzene rings is 1.